The van der Waals surface area contributed by atoms with Gasteiger partial charge in [-0.2, -0.15) is 13.2 Å². The molecular weight excluding hydrogens is 386 g/mol. The molecule has 0 amide bonds. The second-order valence-corrected chi connectivity index (χ2v) is 6.93. The quantitative estimate of drug-likeness (QED) is 0.669. The van der Waals surface area contributed by atoms with E-state index in [1.54, 1.807) is 17.0 Å². The minimum Gasteiger partial charge on any atom is -0.306 e. The first-order chi connectivity index (χ1) is 13.8. The molecule has 1 N–H and O–H groups in total. The van der Waals surface area contributed by atoms with Crippen molar-refractivity contribution in [1.82, 2.24) is 14.9 Å². The minimum atomic E-state index is -4.64. The monoisotopic (exact) mass is 403 g/mol. The Bertz CT molecular complexity index is 1090. The lowest BCUT2D eigenvalue weighted by atomic mass is 10.0. The SMILES string of the molecule is O=c1[nH]c(-c2ccccc2)nc2c1CCN(Cc1c(F)cccc1C(F)(F)F)C2. The van der Waals surface area contributed by atoms with Gasteiger partial charge in [0, 0.05) is 36.3 Å². The maximum absolute atomic E-state index is 14.2. The number of nitrogens with zero attached hydrogens (tertiary/aromatic N) is 2. The molecule has 2 aromatic carbocycles. The molecule has 1 aromatic heterocycles. The van der Waals surface area contributed by atoms with Crippen LogP contribution in [0.5, 0.6) is 0 Å². The highest BCUT2D eigenvalue weighted by Gasteiger charge is 2.35. The smallest absolute Gasteiger partial charge is 0.306 e. The average molecular weight is 403 g/mol. The van der Waals surface area contributed by atoms with Gasteiger partial charge in [-0.05, 0) is 18.6 Å². The first-order valence-electron chi connectivity index (χ1n) is 9.07. The minimum absolute atomic E-state index is 0.171. The number of aromatic amines is 1. The summed E-state index contributed by atoms with van der Waals surface area (Å²) in [5.74, 6) is -0.493. The number of nitrogens with one attached hydrogen (secondary N) is 1. The van der Waals surface area contributed by atoms with E-state index in [4.69, 9.17) is 0 Å². The van der Waals surface area contributed by atoms with Gasteiger partial charge in [-0.25, -0.2) is 9.37 Å². The summed E-state index contributed by atoms with van der Waals surface area (Å²) in [6.45, 7) is 0.300. The number of alkyl halides is 3. The molecule has 4 rings (SSSR count). The molecule has 0 spiro atoms. The fraction of sp³-hybridized carbons (Fsp3) is 0.238. The summed E-state index contributed by atoms with van der Waals surface area (Å²) in [6.07, 6.45) is -4.30. The number of benzene rings is 2. The molecule has 4 nitrogen and oxygen atoms in total. The van der Waals surface area contributed by atoms with Crippen molar-refractivity contribution < 1.29 is 17.6 Å². The van der Waals surface area contributed by atoms with Crippen LogP contribution >= 0.6 is 0 Å². The van der Waals surface area contributed by atoms with Crippen LogP contribution in [0.3, 0.4) is 0 Å². The third-order valence-corrected chi connectivity index (χ3v) is 5.01. The molecule has 0 fully saturated rings. The first kappa shape index (κ1) is 19.3. The van der Waals surface area contributed by atoms with E-state index in [2.05, 4.69) is 9.97 Å². The van der Waals surface area contributed by atoms with Crippen LogP contribution in [-0.2, 0) is 25.7 Å². The van der Waals surface area contributed by atoms with Crippen LogP contribution in [0.25, 0.3) is 11.4 Å². The van der Waals surface area contributed by atoms with E-state index in [9.17, 15) is 22.4 Å². The van der Waals surface area contributed by atoms with E-state index >= 15 is 0 Å². The number of hydrogen-bond donors (Lipinski definition) is 1. The van der Waals surface area contributed by atoms with E-state index < -0.39 is 23.1 Å². The van der Waals surface area contributed by atoms with E-state index in [0.717, 1.165) is 23.8 Å². The molecule has 0 aliphatic carbocycles. The summed E-state index contributed by atoms with van der Waals surface area (Å²) in [4.78, 5) is 21.4. The molecule has 2 heterocycles. The summed E-state index contributed by atoms with van der Waals surface area (Å²) in [7, 11) is 0. The Labute approximate surface area is 163 Å². The molecule has 1 aliphatic heterocycles. The molecule has 3 aromatic rings. The molecule has 0 atom stereocenters. The fourth-order valence-electron chi connectivity index (χ4n) is 3.57. The van der Waals surface area contributed by atoms with Gasteiger partial charge in [0.1, 0.15) is 11.6 Å². The molecule has 8 heteroatoms. The van der Waals surface area contributed by atoms with Crippen molar-refractivity contribution in [3.63, 3.8) is 0 Å². The van der Waals surface area contributed by atoms with Crippen LogP contribution in [0.2, 0.25) is 0 Å². The van der Waals surface area contributed by atoms with Crippen molar-refractivity contribution in [2.24, 2.45) is 0 Å². The Morgan fingerprint density at radius 1 is 1.07 bits per heavy atom. The summed E-state index contributed by atoms with van der Waals surface area (Å²) in [5, 5.41) is 0. The van der Waals surface area contributed by atoms with Gasteiger partial charge in [-0.1, -0.05) is 36.4 Å². The second-order valence-electron chi connectivity index (χ2n) is 6.93. The average Bonchev–Trinajstić information content (AvgIpc) is 2.69. The molecule has 1 aliphatic rings. The number of aromatic nitrogens is 2. The summed E-state index contributed by atoms with van der Waals surface area (Å²) < 4.78 is 54.0. The molecular formula is C21H17F4N3O. The van der Waals surface area contributed by atoms with Crippen LogP contribution in [0.1, 0.15) is 22.4 Å². The number of hydrogen-bond acceptors (Lipinski definition) is 3. The van der Waals surface area contributed by atoms with Gasteiger partial charge in [-0.3, -0.25) is 9.69 Å². The van der Waals surface area contributed by atoms with Crippen LogP contribution in [-0.4, -0.2) is 21.4 Å². The third-order valence-electron chi connectivity index (χ3n) is 5.01. The molecule has 0 saturated heterocycles. The zero-order chi connectivity index (χ0) is 20.6. The Kier molecular flexibility index (Phi) is 4.96. The molecule has 0 unspecified atom stereocenters. The number of fused-ring (bicyclic) bond motifs is 1. The standard InChI is InChI=1S/C21H17F4N3O/c22-17-8-4-7-16(21(23,24)25)15(17)11-28-10-9-14-18(12-28)26-19(27-20(14)29)13-5-2-1-3-6-13/h1-8H,9-12H2,(H,26,27,29). The largest absolute Gasteiger partial charge is 0.416 e. The Balaban J connectivity index is 1.65. The van der Waals surface area contributed by atoms with Gasteiger partial charge in [0.25, 0.3) is 5.56 Å². The van der Waals surface area contributed by atoms with Crippen molar-refractivity contribution in [2.75, 3.05) is 6.54 Å². The van der Waals surface area contributed by atoms with Gasteiger partial charge in [0.05, 0.1) is 11.3 Å². The lowest BCUT2D eigenvalue weighted by Gasteiger charge is -2.28. The van der Waals surface area contributed by atoms with E-state index in [1.807, 2.05) is 18.2 Å². The Hall–Kier alpha value is -3.00. The highest BCUT2D eigenvalue weighted by Crippen LogP contribution is 2.34. The van der Waals surface area contributed by atoms with E-state index in [0.29, 0.717) is 30.0 Å². The highest BCUT2D eigenvalue weighted by molar-refractivity contribution is 5.54. The van der Waals surface area contributed by atoms with Crippen LogP contribution in [0.4, 0.5) is 17.6 Å². The maximum Gasteiger partial charge on any atom is 0.416 e. The summed E-state index contributed by atoms with van der Waals surface area (Å²) in [5.41, 5.74) is 0.131. The van der Waals surface area contributed by atoms with Crippen molar-refractivity contribution in [3.05, 3.63) is 87.1 Å². The topological polar surface area (TPSA) is 49.0 Å². The molecule has 0 saturated carbocycles. The van der Waals surface area contributed by atoms with Gasteiger partial charge < -0.3 is 4.98 Å². The lowest BCUT2D eigenvalue weighted by molar-refractivity contribution is -0.138. The first-order valence-corrected chi connectivity index (χ1v) is 9.07. The normalized spacial score (nSPS) is 14.6. The number of rotatable bonds is 3. The molecule has 150 valence electrons. The summed E-state index contributed by atoms with van der Waals surface area (Å²) in [6, 6.07) is 12.1. The van der Waals surface area contributed by atoms with Crippen LogP contribution in [0.15, 0.2) is 53.3 Å². The molecule has 29 heavy (non-hydrogen) atoms. The predicted molar refractivity (Wildman–Crippen MR) is 99.5 cm³/mol. The maximum atomic E-state index is 14.2. The fourth-order valence-corrected chi connectivity index (χ4v) is 3.57. The zero-order valence-electron chi connectivity index (χ0n) is 15.3. The van der Waals surface area contributed by atoms with Gasteiger partial charge in [0.2, 0.25) is 0 Å². The van der Waals surface area contributed by atoms with Crippen molar-refractivity contribution in [1.29, 1.82) is 0 Å². The Morgan fingerprint density at radius 2 is 1.83 bits per heavy atom. The molecule has 0 radical (unpaired) electrons. The van der Waals surface area contributed by atoms with Gasteiger partial charge in [0.15, 0.2) is 0 Å². The third kappa shape index (κ3) is 3.93. The van der Waals surface area contributed by atoms with Crippen LogP contribution in [0, 0.1) is 5.82 Å². The Morgan fingerprint density at radius 3 is 2.55 bits per heavy atom. The van der Waals surface area contributed by atoms with Gasteiger partial charge >= 0.3 is 6.18 Å². The lowest BCUT2D eigenvalue weighted by Crippen LogP contribution is -2.35. The van der Waals surface area contributed by atoms with E-state index in [-0.39, 0.29) is 18.6 Å². The summed E-state index contributed by atoms with van der Waals surface area (Å²) >= 11 is 0. The van der Waals surface area contributed by atoms with Crippen molar-refractivity contribution in [3.8, 4) is 11.4 Å². The number of H-pyrrole nitrogens is 1. The van der Waals surface area contributed by atoms with Crippen molar-refractivity contribution >= 4 is 0 Å². The zero-order valence-corrected chi connectivity index (χ0v) is 15.3. The second kappa shape index (κ2) is 7.44. The highest BCUT2D eigenvalue weighted by atomic mass is 19.4. The van der Waals surface area contributed by atoms with Crippen LogP contribution < -0.4 is 5.56 Å². The predicted octanol–water partition coefficient (Wildman–Crippen LogP) is 4.15. The number of halogens is 4. The van der Waals surface area contributed by atoms with Crippen molar-refractivity contribution in [2.45, 2.75) is 25.7 Å². The van der Waals surface area contributed by atoms with E-state index in [1.165, 1.54) is 0 Å². The van der Waals surface area contributed by atoms with Gasteiger partial charge in [-0.15, -0.1) is 0 Å². The molecule has 0 bridgehead atoms.